The number of likely N-dealkylation sites (N-methyl/N-ethyl adjacent to an activating group) is 1. The lowest BCUT2D eigenvalue weighted by Crippen LogP contribution is -2.57. The molecule has 0 spiro atoms. The van der Waals surface area contributed by atoms with Gasteiger partial charge in [-0.15, -0.1) is 0 Å². The maximum Gasteiger partial charge on any atom is 0.416 e. The van der Waals surface area contributed by atoms with Crippen LogP contribution in [0.3, 0.4) is 0 Å². The molecule has 2 aliphatic rings. The normalized spacial score (nSPS) is 24.2. The molecule has 3 heterocycles. The van der Waals surface area contributed by atoms with Crippen LogP contribution in [0.25, 0.3) is 0 Å². The molecule has 1 aromatic heterocycles. The van der Waals surface area contributed by atoms with E-state index in [1.54, 1.807) is 41.7 Å². The summed E-state index contributed by atoms with van der Waals surface area (Å²) in [6.07, 6.45) is -5.01. The summed E-state index contributed by atoms with van der Waals surface area (Å²) < 4.78 is 44.8. The van der Waals surface area contributed by atoms with Crippen molar-refractivity contribution in [3.63, 3.8) is 0 Å². The highest BCUT2D eigenvalue weighted by atomic mass is 19.4. The van der Waals surface area contributed by atoms with E-state index in [2.05, 4.69) is 9.97 Å². The number of carbonyl (C=O) groups is 1. The van der Waals surface area contributed by atoms with Crippen molar-refractivity contribution in [1.82, 2.24) is 14.9 Å². The minimum Gasteiger partial charge on any atom is -0.359 e. The Morgan fingerprint density at radius 1 is 1.19 bits per heavy atom. The molecule has 0 radical (unpaired) electrons. The molecule has 1 atom stereocenters. The number of hydrogen-bond donors (Lipinski definition) is 0. The van der Waals surface area contributed by atoms with Gasteiger partial charge in [0.05, 0.1) is 18.7 Å². The van der Waals surface area contributed by atoms with Crippen LogP contribution in [0.15, 0.2) is 12.4 Å². The second-order valence-electron chi connectivity index (χ2n) is 7.26. The number of ether oxygens (including phenoxy) is 1. The number of nitrogens with zero attached hydrogens (tertiary/aromatic N) is 5. The van der Waals surface area contributed by atoms with Crippen molar-refractivity contribution in [1.29, 1.82) is 0 Å². The number of carbonyl (C=O) groups excluding carboxylic acids is 1. The van der Waals surface area contributed by atoms with Crippen molar-refractivity contribution in [2.45, 2.75) is 31.7 Å². The number of hydrogen-bond acceptors (Lipinski definition) is 6. The molecule has 2 aliphatic heterocycles. The van der Waals surface area contributed by atoms with Gasteiger partial charge in [-0.25, -0.2) is 9.97 Å². The van der Waals surface area contributed by atoms with Gasteiger partial charge in [0.15, 0.2) is 6.10 Å². The van der Waals surface area contributed by atoms with Gasteiger partial charge >= 0.3 is 6.18 Å². The van der Waals surface area contributed by atoms with Crippen molar-refractivity contribution < 1.29 is 22.7 Å². The van der Waals surface area contributed by atoms with E-state index in [0.717, 1.165) is 0 Å². The van der Waals surface area contributed by atoms with E-state index in [4.69, 9.17) is 4.74 Å². The first-order chi connectivity index (χ1) is 12.0. The van der Waals surface area contributed by atoms with Crippen LogP contribution < -0.4 is 9.80 Å². The third-order valence-corrected chi connectivity index (χ3v) is 4.53. The SMILES string of the molecule is CN1CCN(c2cc(N3CC(C(F)(F)F)OC(C)(C)C3)ncn2)CC1=O. The monoisotopic (exact) mass is 373 g/mol. The predicted molar refractivity (Wildman–Crippen MR) is 89.1 cm³/mol. The predicted octanol–water partition coefficient (Wildman–Crippen LogP) is 1.30. The zero-order chi connectivity index (χ0) is 19.1. The van der Waals surface area contributed by atoms with Crippen LogP contribution >= 0.6 is 0 Å². The minimum atomic E-state index is -4.45. The molecule has 0 aliphatic carbocycles. The molecule has 0 aromatic carbocycles. The Bertz CT molecular complexity index is 682. The van der Waals surface area contributed by atoms with Gasteiger partial charge in [-0.05, 0) is 13.8 Å². The summed E-state index contributed by atoms with van der Waals surface area (Å²) in [5, 5.41) is 0. The summed E-state index contributed by atoms with van der Waals surface area (Å²) in [5.74, 6) is 0.900. The van der Waals surface area contributed by atoms with Gasteiger partial charge in [0.25, 0.3) is 0 Å². The van der Waals surface area contributed by atoms with Gasteiger partial charge in [0.1, 0.15) is 18.0 Å². The Hall–Kier alpha value is -2.10. The highest BCUT2D eigenvalue weighted by molar-refractivity contribution is 5.82. The molecule has 26 heavy (non-hydrogen) atoms. The number of anilines is 2. The molecule has 2 fully saturated rings. The number of halogens is 3. The average molecular weight is 373 g/mol. The van der Waals surface area contributed by atoms with E-state index in [1.165, 1.54) is 6.33 Å². The van der Waals surface area contributed by atoms with E-state index < -0.39 is 17.9 Å². The Balaban J connectivity index is 1.82. The molecule has 3 rings (SSSR count). The van der Waals surface area contributed by atoms with Crippen LogP contribution in [-0.2, 0) is 9.53 Å². The van der Waals surface area contributed by atoms with Crippen molar-refractivity contribution in [2.24, 2.45) is 0 Å². The Kier molecular flexibility index (Phi) is 4.72. The zero-order valence-corrected chi connectivity index (χ0v) is 15.0. The summed E-state index contributed by atoms with van der Waals surface area (Å²) in [4.78, 5) is 25.2. The van der Waals surface area contributed by atoms with Crippen LogP contribution in [0.2, 0.25) is 0 Å². The summed E-state index contributed by atoms with van der Waals surface area (Å²) in [6, 6.07) is 1.63. The molecule has 1 aromatic rings. The van der Waals surface area contributed by atoms with Crippen molar-refractivity contribution in [3.8, 4) is 0 Å². The standard InChI is InChI=1S/C16H22F3N5O2/c1-15(2)9-24(7-11(26-15)16(17,18)19)13-6-12(20-10-21-13)23-5-4-22(3)14(25)8-23/h6,10-11H,4-5,7-9H2,1-3H3. The van der Waals surface area contributed by atoms with Gasteiger partial charge in [0, 0.05) is 32.7 Å². The first kappa shape index (κ1) is 18.7. The van der Waals surface area contributed by atoms with Crippen molar-refractivity contribution >= 4 is 17.5 Å². The quantitative estimate of drug-likeness (QED) is 0.779. The highest BCUT2D eigenvalue weighted by Gasteiger charge is 2.48. The Labute approximate surface area is 149 Å². The Morgan fingerprint density at radius 3 is 2.46 bits per heavy atom. The van der Waals surface area contributed by atoms with Crippen LogP contribution in [0.4, 0.5) is 24.8 Å². The number of piperazine rings is 1. The highest BCUT2D eigenvalue weighted by Crippen LogP contribution is 2.33. The molecular weight excluding hydrogens is 351 g/mol. The minimum absolute atomic E-state index is 0.0268. The number of rotatable bonds is 2. The average Bonchev–Trinajstić information content (AvgIpc) is 2.55. The molecule has 2 saturated heterocycles. The first-order valence-electron chi connectivity index (χ1n) is 8.36. The van der Waals surface area contributed by atoms with Gasteiger partial charge < -0.3 is 19.4 Å². The van der Waals surface area contributed by atoms with Gasteiger partial charge in [-0.2, -0.15) is 13.2 Å². The largest absolute Gasteiger partial charge is 0.416 e. The van der Waals surface area contributed by atoms with Crippen molar-refractivity contribution in [3.05, 3.63) is 12.4 Å². The lowest BCUT2D eigenvalue weighted by Gasteiger charge is -2.43. The molecule has 0 bridgehead atoms. The third-order valence-electron chi connectivity index (χ3n) is 4.53. The van der Waals surface area contributed by atoms with E-state index >= 15 is 0 Å². The summed E-state index contributed by atoms with van der Waals surface area (Å²) in [5.41, 5.74) is -0.965. The zero-order valence-electron chi connectivity index (χ0n) is 15.0. The van der Waals surface area contributed by atoms with Crippen LogP contribution in [0.5, 0.6) is 0 Å². The fraction of sp³-hybridized carbons (Fsp3) is 0.688. The number of amides is 1. The number of morpholine rings is 1. The van der Waals surface area contributed by atoms with Gasteiger partial charge in [-0.3, -0.25) is 4.79 Å². The molecule has 0 saturated carbocycles. The number of aromatic nitrogens is 2. The van der Waals surface area contributed by atoms with E-state index in [-0.39, 0.29) is 25.5 Å². The van der Waals surface area contributed by atoms with Crippen LogP contribution in [-0.4, -0.2) is 78.4 Å². The van der Waals surface area contributed by atoms with E-state index in [9.17, 15) is 18.0 Å². The van der Waals surface area contributed by atoms with E-state index in [0.29, 0.717) is 24.7 Å². The maximum absolute atomic E-state index is 13.2. The summed E-state index contributed by atoms with van der Waals surface area (Å²) in [6.45, 7) is 4.56. The summed E-state index contributed by atoms with van der Waals surface area (Å²) >= 11 is 0. The molecule has 1 amide bonds. The second-order valence-corrected chi connectivity index (χ2v) is 7.26. The fourth-order valence-corrected chi connectivity index (χ4v) is 3.17. The van der Waals surface area contributed by atoms with Gasteiger partial charge in [0.2, 0.25) is 5.91 Å². The molecule has 144 valence electrons. The van der Waals surface area contributed by atoms with Crippen molar-refractivity contribution in [2.75, 3.05) is 49.6 Å². The molecule has 1 unspecified atom stereocenters. The maximum atomic E-state index is 13.2. The lowest BCUT2D eigenvalue weighted by atomic mass is 10.0. The third kappa shape index (κ3) is 4.00. The summed E-state index contributed by atoms with van der Waals surface area (Å²) in [7, 11) is 1.73. The lowest BCUT2D eigenvalue weighted by molar-refractivity contribution is -0.251. The first-order valence-corrected chi connectivity index (χ1v) is 8.36. The van der Waals surface area contributed by atoms with E-state index in [1.807, 2.05) is 0 Å². The molecular formula is C16H22F3N5O2. The molecule has 0 N–H and O–H groups in total. The van der Waals surface area contributed by atoms with Gasteiger partial charge in [-0.1, -0.05) is 0 Å². The fourth-order valence-electron chi connectivity index (χ4n) is 3.17. The van der Waals surface area contributed by atoms with Crippen LogP contribution in [0.1, 0.15) is 13.8 Å². The van der Waals surface area contributed by atoms with Crippen LogP contribution in [0, 0.1) is 0 Å². The molecule has 7 nitrogen and oxygen atoms in total. The second kappa shape index (κ2) is 6.57. The molecule has 10 heteroatoms. The number of alkyl halides is 3. The Morgan fingerprint density at radius 2 is 1.85 bits per heavy atom. The topological polar surface area (TPSA) is 61.8 Å². The smallest absolute Gasteiger partial charge is 0.359 e.